The Labute approximate surface area is 135 Å². The molecule has 0 bridgehead atoms. The molecule has 2 aromatic rings. The summed E-state index contributed by atoms with van der Waals surface area (Å²) in [5.74, 6) is 1.41. The molecule has 1 N–H and O–H groups in total. The Kier molecular flexibility index (Phi) is 4.17. The highest BCUT2D eigenvalue weighted by Crippen LogP contribution is 2.32. The van der Waals surface area contributed by atoms with Crippen LogP contribution in [0.4, 0.5) is 0 Å². The molecule has 0 saturated carbocycles. The summed E-state index contributed by atoms with van der Waals surface area (Å²) < 4.78 is 12.0. The van der Waals surface area contributed by atoms with Crippen LogP contribution in [0.5, 0.6) is 11.5 Å². The number of nitrogens with one attached hydrogen (secondary N) is 1. The number of hydrogen-bond donors (Lipinski definition) is 1. The summed E-state index contributed by atoms with van der Waals surface area (Å²) in [4.78, 5) is 12.8. The zero-order valence-electron chi connectivity index (χ0n) is 11.4. The van der Waals surface area contributed by atoms with Crippen LogP contribution in [0.2, 0.25) is 0 Å². The van der Waals surface area contributed by atoms with E-state index in [1.54, 1.807) is 6.07 Å². The molecular formula is C15H14BrNO3S. The predicted octanol–water partition coefficient (Wildman–Crippen LogP) is 3.77. The van der Waals surface area contributed by atoms with Crippen molar-refractivity contribution in [1.29, 1.82) is 0 Å². The second-order valence-electron chi connectivity index (χ2n) is 4.70. The van der Waals surface area contributed by atoms with Gasteiger partial charge in [-0.1, -0.05) is 6.07 Å². The Morgan fingerprint density at radius 1 is 1.24 bits per heavy atom. The molecule has 1 aromatic heterocycles. The molecule has 1 amide bonds. The molecule has 0 saturated heterocycles. The van der Waals surface area contributed by atoms with Crippen molar-refractivity contribution in [3.8, 4) is 11.5 Å². The zero-order chi connectivity index (χ0) is 14.8. The lowest BCUT2D eigenvalue weighted by molar-refractivity contribution is 0.0944. The van der Waals surface area contributed by atoms with Crippen molar-refractivity contribution in [2.24, 2.45) is 0 Å². The Bertz CT molecular complexity index is 671. The average molecular weight is 368 g/mol. The molecule has 1 aromatic carbocycles. The summed E-state index contributed by atoms with van der Waals surface area (Å²) in [6, 6.07) is 9.32. The molecule has 0 radical (unpaired) electrons. The predicted molar refractivity (Wildman–Crippen MR) is 85.3 cm³/mol. The maximum Gasteiger partial charge on any atom is 0.261 e. The second-order valence-corrected chi connectivity index (χ2v) is 7.17. The molecular weight excluding hydrogens is 354 g/mol. The summed E-state index contributed by atoms with van der Waals surface area (Å²) in [6.45, 7) is 3.08. The van der Waals surface area contributed by atoms with E-state index in [1.165, 1.54) is 11.3 Å². The van der Waals surface area contributed by atoms with Gasteiger partial charge < -0.3 is 14.8 Å². The van der Waals surface area contributed by atoms with Crippen molar-refractivity contribution in [2.75, 3.05) is 13.2 Å². The lowest BCUT2D eigenvalue weighted by Crippen LogP contribution is -2.26. The van der Waals surface area contributed by atoms with Gasteiger partial charge >= 0.3 is 0 Å². The standard InChI is InChI=1S/C15H14BrNO3S/c1-9(17-15(18)13-4-5-14(16)21-13)10-2-3-11-12(8-10)20-7-6-19-11/h2-5,8-9H,6-7H2,1H3,(H,17,18). The van der Waals surface area contributed by atoms with E-state index in [0.717, 1.165) is 20.8 Å². The molecule has 2 heterocycles. The van der Waals surface area contributed by atoms with Crippen molar-refractivity contribution in [1.82, 2.24) is 5.32 Å². The van der Waals surface area contributed by atoms with Crippen LogP contribution < -0.4 is 14.8 Å². The largest absolute Gasteiger partial charge is 0.486 e. The van der Waals surface area contributed by atoms with E-state index < -0.39 is 0 Å². The molecule has 0 spiro atoms. The van der Waals surface area contributed by atoms with E-state index in [1.807, 2.05) is 31.2 Å². The van der Waals surface area contributed by atoms with Gasteiger partial charge in [-0.05, 0) is 52.7 Å². The first-order chi connectivity index (χ1) is 10.1. The van der Waals surface area contributed by atoms with E-state index in [9.17, 15) is 4.79 Å². The number of fused-ring (bicyclic) bond motifs is 1. The minimum atomic E-state index is -0.103. The average Bonchev–Trinajstić information content (AvgIpc) is 2.93. The van der Waals surface area contributed by atoms with Gasteiger partial charge in [-0.3, -0.25) is 4.79 Å². The third kappa shape index (κ3) is 3.22. The highest BCUT2D eigenvalue weighted by atomic mass is 79.9. The minimum absolute atomic E-state index is 0.0758. The third-order valence-corrected chi connectivity index (χ3v) is 4.83. The Balaban J connectivity index is 1.73. The van der Waals surface area contributed by atoms with Gasteiger partial charge in [-0.2, -0.15) is 0 Å². The number of carbonyl (C=O) groups excluding carboxylic acids is 1. The summed E-state index contributed by atoms with van der Waals surface area (Å²) in [6.07, 6.45) is 0. The van der Waals surface area contributed by atoms with Crippen LogP contribution in [0.15, 0.2) is 34.1 Å². The van der Waals surface area contributed by atoms with Gasteiger partial charge in [0.25, 0.3) is 5.91 Å². The SMILES string of the molecule is CC(NC(=O)c1ccc(Br)s1)c1ccc2c(c1)OCCO2. The number of thiophene rings is 1. The summed E-state index contributed by atoms with van der Waals surface area (Å²) in [7, 11) is 0. The summed E-state index contributed by atoms with van der Waals surface area (Å²) in [5.41, 5.74) is 0.989. The highest BCUT2D eigenvalue weighted by molar-refractivity contribution is 9.11. The summed E-state index contributed by atoms with van der Waals surface area (Å²) >= 11 is 4.78. The maximum atomic E-state index is 12.2. The fourth-order valence-corrected chi connectivity index (χ4v) is 3.41. The van der Waals surface area contributed by atoms with Crippen molar-refractivity contribution in [3.63, 3.8) is 0 Å². The first-order valence-electron chi connectivity index (χ1n) is 6.59. The van der Waals surface area contributed by atoms with Gasteiger partial charge in [0.05, 0.1) is 14.7 Å². The number of amides is 1. The van der Waals surface area contributed by atoms with Gasteiger partial charge in [-0.25, -0.2) is 0 Å². The van der Waals surface area contributed by atoms with Crippen LogP contribution in [0.3, 0.4) is 0 Å². The molecule has 0 fully saturated rings. The first kappa shape index (κ1) is 14.4. The van der Waals surface area contributed by atoms with Gasteiger partial charge in [0.15, 0.2) is 11.5 Å². The van der Waals surface area contributed by atoms with Crippen LogP contribution in [0.1, 0.15) is 28.2 Å². The van der Waals surface area contributed by atoms with Crippen molar-refractivity contribution >= 4 is 33.2 Å². The molecule has 0 aliphatic carbocycles. The molecule has 21 heavy (non-hydrogen) atoms. The lowest BCUT2D eigenvalue weighted by atomic mass is 10.1. The van der Waals surface area contributed by atoms with Crippen LogP contribution in [-0.2, 0) is 0 Å². The van der Waals surface area contributed by atoms with E-state index in [-0.39, 0.29) is 11.9 Å². The summed E-state index contributed by atoms with van der Waals surface area (Å²) in [5, 5.41) is 2.99. The van der Waals surface area contributed by atoms with Crippen LogP contribution in [-0.4, -0.2) is 19.1 Å². The van der Waals surface area contributed by atoms with Crippen LogP contribution in [0.25, 0.3) is 0 Å². The monoisotopic (exact) mass is 367 g/mol. The molecule has 110 valence electrons. The van der Waals surface area contributed by atoms with E-state index in [0.29, 0.717) is 18.1 Å². The fraction of sp³-hybridized carbons (Fsp3) is 0.267. The molecule has 3 rings (SSSR count). The highest BCUT2D eigenvalue weighted by Gasteiger charge is 2.17. The number of ether oxygens (including phenoxy) is 2. The van der Waals surface area contributed by atoms with E-state index >= 15 is 0 Å². The second kappa shape index (κ2) is 6.07. The van der Waals surface area contributed by atoms with Crippen molar-refractivity contribution in [3.05, 3.63) is 44.6 Å². The zero-order valence-corrected chi connectivity index (χ0v) is 13.8. The number of rotatable bonds is 3. The van der Waals surface area contributed by atoms with Crippen molar-refractivity contribution < 1.29 is 14.3 Å². The Morgan fingerprint density at radius 3 is 2.71 bits per heavy atom. The third-order valence-electron chi connectivity index (χ3n) is 3.21. The molecule has 1 aliphatic heterocycles. The molecule has 1 atom stereocenters. The van der Waals surface area contributed by atoms with E-state index in [4.69, 9.17) is 9.47 Å². The Morgan fingerprint density at radius 2 is 2.00 bits per heavy atom. The van der Waals surface area contributed by atoms with Crippen LogP contribution in [0, 0.1) is 0 Å². The topological polar surface area (TPSA) is 47.6 Å². The molecule has 1 unspecified atom stereocenters. The molecule has 1 aliphatic rings. The van der Waals surface area contributed by atoms with Gasteiger partial charge in [-0.15, -0.1) is 11.3 Å². The fourth-order valence-electron chi connectivity index (χ4n) is 2.12. The number of carbonyl (C=O) groups is 1. The maximum absolute atomic E-state index is 12.2. The molecule has 4 nitrogen and oxygen atoms in total. The van der Waals surface area contributed by atoms with Gasteiger partial charge in [0.2, 0.25) is 0 Å². The number of hydrogen-bond acceptors (Lipinski definition) is 4. The lowest BCUT2D eigenvalue weighted by Gasteiger charge is -2.21. The van der Waals surface area contributed by atoms with Crippen molar-refractivity contribution in [2.45, 2.75) is 13.0 Å². The van der Waals surface area contributed by atoms with Crippen LogP contribution >= 0.6 is 27.3 Å². The normalized spacial score (nSPS) is 14.6. The van der Waals surface area contributed by atoms with Gasteiger partial charge in [0, 0.05) is 0 Å². The minimum Gasteiger partial charge on any atom is -0.486 e. The smallest absolute Gasteiger partial charge is 0.261 e. The number of benzene rings is 1. The molecule has 6 heteroatoms. The number of halogens is 1. The Hall–Kier alpha value is -1.53. The quantitative estimate of drug-likeness (QED) is 0.897. The van der Waals surface area contributed by atoms with E-state index in [2.05, 4.69) is 21.2 Å². The van der Waals surface area contributed by atoms with Gasteiger partial charge in [0.1, 0.15) is 13.2 Å². The first-order valence-corrected chi connectivity index (χ1v) is 8.20.